The molecule has 29 heavy (non-hydrogen) atoms. The minimum atomic E-state index is 0. The fourth-order valence-corrected chi connectivity index (χ4v) is 4.93. The maximum atomic E-state index is 5.60. The molecule has 1 aliphatic heterocycles. The Balaban J connectivity index is 0.00000300. The van der Waals surface area contributed by atoms with E-state index in [0.717, 1.165) is 56.2 Å². The van der Waals surface area contributed by atoms with Crippen molar-refractivity contribution in [3.63, 3.8) is 0 Å². The molecule has 1 aromatic rings. The summed E-state index contributed by atoms with van der Waals surface area (Å²) >= 11 is 1.66. The van der Waals surface area contributed by atoms with Gasteiger partial charge in [-0.1, -0.05) is 19.3 Å². The molecule has 2 heterocycles. The van der Waals surface area contributed by atoms with E-state index in [1.54, 1.807) is 11.3 Å². The van der Waals surface area contributed by atoms with Crippen molar-refractivity contribution in [3.05, 3.63) is 11.1 Å². The molecule has 166 valence electrons. The highest BCUT2D eigenvalue weighted by molar-refractivity contribution is 14.0. The first-order chi connectivity index (χ1) is 13.6. The zero-order valence-corrected chi connectivity index (χ0v) is 21.2. The molecule has 0 spiro atoms. The zero-order valence-electron chi connectivity index (χ0n) is 18.1. The predicted octanol–water partition coefficient (Wildman–Crippen LogP) is 2.92. The molecule has 2 N–H and O–H groups in total. The van der Waals surface area contributed by atoms with Gasteiger partial charge >= 0.3 is 0 Å². The lowest BCUT2D eigenvalue weighted by Crippen LogP contribution is -2.60. The van der Waals surface area contributed by atoms with E-state index in [1.807, 2.05) is 19.0 Å². The van der Waals surface area contributed by atoms with Gasteiger partial charge in [-0.05, 0) is 19.8 Å². The van der Waals surface area contributed by atoms with Gasteiger partial charge < -0.3 is 20.3 Å². The summed E-state index contributed by atoms with van der Waals surface area (Å²) < 4.78 is 5.60. The third-order valence-corrected chi connectivity index (χ3v) is 6.77. The quantitative estimate of drug-likeness (QED) is 0.318. The van der Waals surface area contributed by atoms with Gasteiger partial charge in [0.05, 0.1) is 25.5 Å². The number of ether oxygens (including phenoxy) is 1. The average molecular weight is 537 g/mol. The van der Waals surface area contributed by atoms with Crippen LogP contribution in [0.25, 0.3) is 0 Å². The Morgan fingerprint density at radius 3 is 2.59 bits per heavy atom. The van der Waals surface area contributed by atoms with Gasteiger partial charge in [0.2, 0.25) is 0 Å². The molecule has 3 rings (SSSR count). The molecule has 1 saturated carbocycles. The average Bonchev–Trinajstić information content (AvgIpc) is 3.21. The van der Waals surface area contributed by atoms with Crippen LogP contribution in [0.3, 0.4) is 0 Å². The third-order valence-electron chi connectivity index (χ3n) is 5.72. The van der Waals surface area contributed by atoms with Crippen LogP contribution in [0.5, 0.6) is 0 Å². The lowest BCUT2D eigenvalue weighted by molar-refractivity contribution is -0.0352. The summed E-state index contributed by atoms with van der Waals surface area (Å²) in [5.74, 6) is 0.889. The first kappa shape index (κ1) is 24.6. The number of hydrogen-bond donors (Lipinski definition) is 2. The standard InChI is InChI=1S/C20H36N6OS.HI/c1-4-21-18(22-14-17-15-28-19(24-17)25(2)3)23-16-20(8-6-5-7-9-20)26-10-12-27-13-11-26;/h15H,4-14,16H2,1-3H3,(H2,21,22,23);1H. The molecule has 0 unspecified atom stereocenters. The Hall–Kier alpha value is -0.650. The molecular formula is C20H37IN6OS. The van der Waals surface area contributed by atoms with Crippen molar-refractivity contribution in [2.45, 2.75) is 51.1 Å². The molecule has 1 aromatic heterocycles. The largest absolute Gasteiger partial charge is 0.379 e. The fourth-order valence-electron chi connectivity index (χ4n) is 4.18. The molecule has 0 aromatic carbocycles. The van der Waals surface area contributed by atoms with E-state index in [0.29, 0.717) is 6.54 Å². The van der Waals surface area contributed by atoms with Crippen molar-refractivity contribution in [2.75, 3.05) is 58.4 Å². The highest BCUT2D eigenvalue weighted by Crippen LogP contribution is 2.33. The van der Waals surface area contributed by atoms with Crippen molar-refractivity contribution < 1.29 is 4.74 Å². The Bertz CT molecular complexity index is 626. The number of morpholine rings is 1. The minimum Gasteiger partial charge on any atom is -0.379 e. The topological polar surface area (TPSA) is 65.0 Å². The number of hydrogen-bond acceptors (Lipinski definition) is 6. The fraction of sp³-hybridized carbons (Fsp3) is 0.800. The number of rotatable bonds is 7. The molecule has 2 aliphatic rings. The summed E-state index contributed by atoms with van der Waals surface area (Å²) in [6.45, 7) is 8.31. The van der Waals surface area contributed by atoms with Crippen molar-refractivity contribution >= 4 is 46.4 Å². The van der Waals surface area contributed by atoms with Crippen LogP contribution in [0.4, 0.5) is 5.13 Å². The smallest absolute Gasteiger partial charge is 0.191 e. The summed E-state index contributed by atoms with van der Waals surface area (Å²) in [5.41, 5.74) is 1.25. The SMILES string of the molecule is CCNC(=NCc1csc(N(C)C)n1)NCC1(N2CCOCC2)CCCCC1.I. The lowest BCUT2D eigenvalue weighted by atomic mass is 9.80. The first-order valence-electron chi connectivity index (χ1n) is 10.6. The summed E-state index contributed by atoms with van der Waals surface area (Å²) in [4.78, 5) is 14.1. The Morgan fingerprint density at radius 1 is 1.24 bits per heavy atom. The van der Waals surface area contributed by atoms with Crippen LogP contribution in [-0.4, -0.2) is 74.9 Å². The number of thiazole rings is 1. The number of nitrogens with zero attached hydrogens (tertiary/aromatic N) is 4. The van der Waals surface area contributed by atoms with E-state index in [-0.39, 0.29) is 29.5 Å². The van der Waals surface area contributed by atoms with Crippen LogP contribution in [0.2, 0.25) is 0 Å². The maximum Gasteiger partial charge on any atom is 0.191 e. The van der Waals surface area contributed by atoms with Gasteiger partial charge in [0.15, 0.2) is 11.1 Å². The van der Waals surface area contributed by atoms with Crippen LogP contribution >= 0.6 is 35.3 Å². The van der Waals surface area contributed by atoms with Crippen LogP contribution in [0, 0.1) is 0 Å². The normalized spacial score (nSPS) is 20.0. The zero-order chi connectivity index (χ0) is 19.8. The van der Waals surface area contributed by atoms with Crippen LogP contribution in [0.15, 0.2) is 10.4 Å². The minimum absolute atomic E-state index is 0. The van der Waals surface area contributed by atoms with E-state index < -0.39 is 0 Å². The third kappa shape index (κ3) is 6.93. The summed E-state index contributed by atoms with van der Waals surface area (Å²) in [7, 11) is 4.04. The Labute approximate surface area is 196 Å². The monoisotopic (exact) mass is 536 g/mol. The van der Waals surface area contributed by atoms with Crippen LogP contribution < -0.4 is 15.5 Å². The van der Waals surface area contributed by atoms with Crippen LogP contribution in [-0.2, 0) is 11.3 Å². The van der Waals surface area contributed by atoms with Crippen molar-refractivity contribution in [1.82, 2.24) is 20.5 Å². The predicted molar refractivity (Wildman–Crippen MR) is 133 cm³/mol. The Kier molecular flexibility index (Phi) is 10.4. The van der Waals surface area contributed by atoms with Gasteiger partial charge in [-0.15, -0.1) is 35.3 Å². The number of aliphatic imine (C=N–C) groups is 1. The summed E-state index contributed by atoms with van der Waals surface area (Å²) in [5, 5.41) is 10.2. The van der Waals surface area contributed by atoms with Gasteiger partial charge in [-0.2, -0.15) is 0 Å². The van der Waals surface area contributed by atoms with Gasteiger partial charge in [-0.25, -0.2) is 9.98 Å². The summed E-state index contributed by atoms with van der Waals surface area (Å²) in [6.07, 6.45) is 6.52. The molecule has 2 fully saturated rings. The lowest BCUT2D eigenvalue weighted by Gasteiger charge is -2.48. The number of halogens is 1. The van der Waals surface area contributed by atoms with Crippen molar-refractivity contribution in [3.8, 4) is 0 Å². The number of anilines is 1. The summed E-state index contributed by atoms with van der Waals surface area (Å²) in [6, 6.07) is 0. The van der Waals surface area contributed by atoms with E-state index in [4.69, 9.17) is 9.73 Å². The van der Waals surface area contributed by atoms with Gasteiger partial charge in [0.25, 0.3) is 0 Å². The Morgan fingerprint density at radius 2 is 1.97 bits per heavy atom. The van der Waals surface area contributed by atoms with Crippen molar-refractivity contribution in [2.24, 2.45) is 4.99 Å². The highest BCUT2D eigenvalue weighted by atomic mass is 127. The first-order valence-corrected chi connectivity index (χ1v) is 11.5. The van der Waals surface area contributed by atoms with Crippen molar-refractivity contribution in [1.29, 1.82) is 0 Å². The van der Waals surface area contributed by atoms with E-state index >= 15 is 0 Å². The van der Waals surface area contributed by atoms with E-state index in [1.165, 1.54) is 32.1 Å². The molecule has 0 amide bonds. The molecule has 9 heteroatoms. The molecule has 0 radical (unpaired) electrons. The van der Waals surface area contributed by atoms with Gasteiger partial charge in [-0.3, -0.25) is 4.90 Å². The van der Waals surface area contributed by atoms with E-state index in [2.05, 4.69) is 32.8 Å². The molecule has 1 saturated heterocycles. The number of nitrogens with one attached hydrogen (secondary N) is 2. The molecule has 7 nitrogen and oxygen atoms in total. The molecule has 1 aliphatic carbocycles. The van der Waals surface area contributed by atoms with Crippen LogP contribution in [0.1, 0.15) is 44.7 Å². The molecule has 0 bridgehead atoms. The highest BCUT2D eigenvalue weighted by Gasteiger charge is 2.38. The number of aromatic nitrogens is 1. The van der Waals surface area contributed by atoms with Gasteiger partial charge in [0.1, 0.15) is 0 Å². The van der Waals surface area contributed by atoms with E-state index in [9.17, 15) is 0 Å². The second-order valence-corrected chi connectivity index (χ2v) is 8.79. The molecular weight excluding hydrogens is 499 g/mol. The second-order valence-electron chi connectivity index (χ2n) is 7.95. The maximum absolute atomic E-state index is 5.60. The number of guanidine groups is 1. The second kappa shape index (κ2) is 12.3. The molecule has 0 atom stereocenters. The van der Waals surface area contributed by atoms with Gasteiger partial charge in [0, 0.05) is 51.2 Å².